The summed E-state index contributed by atoms with van der Waals surface area (Å²) < 4.78 is 5.35. The molecule has 3 aliphatic rings. The van der Waals surface area contributed by atoms with Crippen LogP contribution < -0.4 is 4.74 Å². The number of hydrogen-bond donors (Lipinski definition) is 1. The number of halogens is 1. The predicted octanol–water partition coefficient (Wildman–Crippen LogP) is 4.00. The molecule has 0 radical (unpaired) electrons. The van der Waals surface area contributed by atoms with Gasteiger partial charge in [0.25, 0.3) is 0 Å². The maximum Gasteiger partial charge on any atom is 0.225 e. The van der Waals surface area contributed by atoms with Crippen molar-refractivity contribution in [3.8, 4) is 5.75 Å². The molecule has 1 spiro atoms. The molecule has 1 aromatic rings. The number of likely N-dealkylation sites (tertiary alicyclic amines) is 1. The maximum absolute atomic E-state index is 12.5. The van der Waals surface area contributed by atoms with E-state index in [0.717, 1.165) is 49.5 Å². The Bertz CT molecular complexity index is 693. The molecule has 3 fully saturated rings. The van der Waals surface area contributed by atoms with Crippen molar-refractivity contribution in [3.63, 3.8) is 0 Å². The van der Waals surface area contributed by atoms with Crippen LogP contribution >= 0.6 is 11.6 Å². The molecule has 0 unspecified atom stereocenters. The van der Waals surface area contributed by atoms with E-state index in [9.17, 15) is 9.90 Å². The van der Waals surface area contributed by atoms with Crippen LogP contribution in [0.4, 0.5) is 0 Å². The van der Waals surface area contributed by atoms with Crippen molar-refractivity contribution in [1.29, 1.82) is 0 Å². The van der Waals surface area contributed by atoms with Crippen molar-refractivity contribution in [2.24, 2.45) is 11.3 Å². The molecule has 142 valence electrons. The monoisotopic (exact) mass is 377 g/mol. The van der Waals surface area contributed by atoms with E-state index >= 15 is 0 Å². The Labute approximate surface area is 160 Å². The zero-order valence-electron chi connectivity index (χ0n) is 15.6. The predicted molar refractivity (Wildman–Crippen MR) is 102 cm³/mol. The summed E-state index contributed by atoms with van der Waals surface area (Å²) in [6, 6.07) is 6.04. The van der Waals surface area contributed by atoms with Gasteiger partial charge in [0.1, 0.15) is 5.75 Å². The highest BCUT2D eigenvalue weighted by Gasteiger charge is 2.51. The van der Waals surface area contributed by atoms with E-state index in [-0.39, 0.29) is 11.8 Å². The minimum Gasteiger partial charge on any atom is -0.495 e. The molecule has 26 heavy (non-hydrogen) atoms. The largest absolute Gasteiger partial charge is 0.495 e. The molecular weight excluding hydrogens is 350 g/mol. The zero-order valence-corrected chi connectivity index (χ0v) is 16.4. The molecule has 1 amide bonds. The first kappa shape index (κ1) is 18.1. The van der Waals surface area contributed by atoms with Gasteiger partial charge in [-0.2, -0.15) is 0 Å². The van der Waals surface area contributed by atoms with Crippen LogP contribution in [0.3, 0.4) is 0 Å². The number of amides is 1. The third-order valence-electron chi connectivity index (χ3n) is 6.78. The molecule has 4 nitrogen and oxygen atoms in total. The first-order chi connectivity index (χ1) is 12.3. The Morgan fingerprint density at radius 2 is 1.92 bits per heavy atom. The van der Waals surface area contributed by atoms with E-state index < -0.39 is 5.60 Å². The lowest BCUT2D eigenvalue weighted by molar-refractivity contribution is -0.163. The Morgan fingerprint density at radius 1 is 1.27 bits per heavy atom. The molecule has 1 N–H and O–H groups in total. The van der Waals surface area contributed by atoms with Crippen LogP contribution in [0.25, 0.3) is 0 Å². The average Bonchev–Trinajstić information content (AvgIpc) is 2.57. The number of ether oxygens (including phenoxy) is 1. The number of benzene rings is 1. The van der Waals surface area contributed by atoms with Crippen LogP contribution in [-0.4, -0.2) is 41.7 Å². The number of aliphatic hydroxyl groups is 1. The first-order valence-corrected chi connectivity index (χ1v) is 10.0. The number of carbonyl (C=O) groups is 1. The van der Waals surface area contributed by atoms with Gasteiger partial charge in [-0.1, -0.05) is 23.7 Å². The van der Waals surface area contributed by atoms with E-state index in [0.29, 0.717) is 24.2 Å². The fraction of sp³-hybridized carbons (Fsp3) is 0.667. The molecule has 1 saturated heterocycles. The molecule has 5 heteroatoms. The molecule has 4 rings (SSSR count). The minimum absolute atomic E-state index is 0.0364. The minimum atomic E-state index is -0.628. The second kappa shape index (κ2) is 6.42. The number of nitrogens with zero attached hydrogens (tertiary/aromatic N) is 1. The Kier molecular flexibility index (Phi) is 4.47. The Morgan fingerprint density at radius 3 is 2.50 bits per heavy atom. The van der Waals surface area contributed by atoms with E-state index in [1.165, 1.54) is 5.56 Å². The summed E-state index contributed by atoms with van der Waals surface area (Å²) in [4.78, 5) is 14.5. The summed E-state index contributed by atoms with van der Waals surface area (Å²) in [5.41, 5.74) is 0.880. The van der Waals surface area contributed by atoms with Crippen molar-refractivity contribution in [1.82, 2.24) is 4.90 Å². The molecule has 1 aliphatic heterocycles. The van der Waals surface area contributed by atoms with Crippen molar-refractivity contribution in [3.05, 3.63) is 28.8 Å². The summed E-state index contributed by atoms with van der Waals surface area (Å²) in [5.74, 6) is 1.52. The lowest BCUT2D eigenvalue weighted by atomic mass is 9.63. The van der Waals surface area contributed by atoms with E-state index in [2.05, 4.69) is 6.07 Å². The van der Waals surface area contributed by atoms with Crippen molar-refractivity contribution >= 4 is 17.5 Å². The molecule has 1 aromatic carbocycles. The van der Waals surface area contributed by atoms with Gasteiger partial charge in [-0.15, -0.1) is 0 Å². The van der Waals surface area contributed by atoms with Crippen LogP contribution in [-0.2, 0) is 4.79 Å². The van der Waals surface area contributed by atoms with Gasteiger partial charge in [0, 0.05) is 24.4 Å². The molecule has 0 atom stereocenters. The van der Waals surface area contributed by atoms with Crippen LogP contribution in [0.5, 0.6) is 5.75 Å². The van der Waals surface area contributed by atoms with Gasteiger partial charge in [-0.3, -0.25) is 4.79 Å². The lowest BCUT2D eigenvalue weighted by Gasteiger charge is -2.55. The van der Waals surface area contributed by atoms with Gasteiger partial charge in [0.15, 0.2) is 0 Å². The number of rotatable bonds is 3. The number of hydrogen-bond acceptors (Lipinski definition) is 3. The average molecular weight is 378 g/mol. The summed E-state index contributed by atoms with van der Waals surface area (Å²) in [6.07, 6.45) is 5.77. The van der Waals surface area contributed by atoms with Crippen molar-refractivity contribution < 1.29 is 14.6 Å². The number of carbonyl (C=O) groups excluding carboxylic acids is 1. The van der Waals surface area contributed by atoms with Gasteiger partial charge >= 0.3 is 0 Å². The standard InChI is InChI=1S/C21H28ClNO3/c1-20(25)10-15(11-20)19(24)23-12-21(13-23)8-6-14(7-9-21)16-4-3-5-17(26-2)18(16)22/h3-5,14-15,25H,6-13H2,1-2H3/t15-,20+. The van der Waals surface area contributed by atoms with E-state index in [1.54, 1.807) is 7.11 Å². The highest BCUT2D eigenvalue weighted by atomic mass is 35.5. The summed E-state index contributed by atoms with van der Waals surface area (Å²) in [7, 11) is 1.66. The van der Waals surface area contributed by atoms with Crippen LogP contribution in [0, 0.1) is 11.3 Å². The van der Waals surface area contributed by atoms with Crippen LogP contribution in [0.15, 0.2) is 18.2 Å². The fourth-order valence-electron chi connectivity index (χ4n) is 5.21. The van der Waals surface area contributed by atoms with Gasteiger partial charge in [0.05, 0.1) is 17.7 Å². The van der Waals surface area contributed by atoms with Gasteiger partial charge in [0.2, 0.25) is 5.91 Å². The maximum atomic E-state index is 12.5. The smallest absolute Gasteiger partial charge is 0.225 e. The first-order valence-electron chi connectivity index (χ1n) is 9.66. The van der Waals surface area contributed by atoms with Gasteiger partial charge in [-0.05, 0) is 63.0 Å². The molecule has 0 aromatic heterocycles. The van der Waals surface area contributed by atoms with Crippen molar-refractivity contribution in [2.75, 3.05) is 20.2 Å². The van der Waals surface area contributed by atoms with Crippen molar-refractivity contribution in [2.45, 2.75) is 57.0 Å². The molecule has 2 aliphatic carbocycles. The summed E-state index contributed by atoms with van der Waals surface area (Å²) in [5, 5.41) is 10.6. The van der Waals surface area contributed by atoms with Crippen LogP contribution in [0.1, 0.15) is 56.9 Å². The van der Waals surface area contributed by atoms with Crippen LogP contribution in [0.2, 0.25) is 5.02 Å². The van der Waals surface area contributed by atoms with E-state index in [1.807, 2.05) is 24.0 Å². The number of methoxy groups -OCH3 is 1. The second-order valence-electron chi connectivity index (χ2n) is 8.93. The summed E-state index contributed by atoms with van der Waals surface area (Å²) in [6.45, 7) is 3.60. The molecule has 2 saturated carbocycles. The third kappa shape index (κ3) is 3.11. The van der Waals surface area contributed by atoms with Gasteiger partial charge in [-0.25, -0.2) is 0 Å². The van der Waals surface area contributed by atoms with Gasteiger partial charge < -0.3 is 14.7 Å². The highest BCUT2D eigenvalue weighted by Crippen LogP contribution is 2.51. The SMILES string of the molecule is COc1cccc(C2CCC3(CC2)CN(C(=O)[C@H]2C[C@@](C)(O)C2)C3)c1Cl. The fourth-order valence-corrected chi connectivity index (χ4v) is 5.57. The topological polar surface area (TPSA) is 49.8 Å². The lowest BCUT2D eigenvalue weighted by Crippen LogP contribution is -2.62. The molecule has 1 heterocycles. The molecule has 0 bridgehead atoms. The summed E-state index contributed by atoms with van der Waals surface area (Å²) >= 11 is 6.51. The Hall–Kier alpha value is -1.26. The second-order valence-corrected chi connectivity index (χ2v) is 9.31. The van der Waals surface area contributed by atoms with E-state index in [4.69, 9.17) is 16.3 Å². The quantitative estimate of drug-likeness (QED) is 0.866. The Balaban J connectivity index is 1.32. The highest BCUT2D eigenvalue weighted by molar-refractivity contribution is 6.32. The third-order valence-corrected chi connectivity index (χ3v) is 7.19. The zero-order chi connectivity index (χ0) is 18.5. The molecular formula is C21H28ClNO3. The normalized spacial score (nSPS) is 30.6.